The molecule has 1 aromatic carbocycles. The average molecular weight is 455 g/mol. The molecule has 0 spiro atoms. The summed E-state index contributed by atoms with van der Waals surface area (Å²) in [4.78, 5) is 39.9. The highest BCUT2D eigenvalue weighted by Gasteiger charge is 2.34. The van der Waals surface area contributed by atoms with Gasteiger partial charge in [-0.15, -0.1) is 11.3 Å². The molecule has 0 saturated carbocycles. The summed E-state index contributed by atoms with van der Waals surface area (Å²) in [5.41, 5.74) is 1.39. The molecular formula is C17H18N4O5S3. The largest absolute Gasteiger partial charge is 0.355 e. The summed E-state index contributed by atoms with van der Waals surface area (Å²) in [5.74, 6) is -0.738. The molecule has 154 valence electrons. The third-order valence-corrected chi connectivity index (χ3v) is 8.57. The van der Waals surface area contributed by atoms with Crippen LogP contribution in [0.5, 0.6) is 0 Å². The van der Waals surface area contributed by atoms with Crippen molar-refractivity contribution in [2.24, 2.45) is 5.92 Å². The van der Waals surface area contributed by atoms with Crippen molar-refractivity contribution in [3.63, 3.8) is 0 Å². The molecule has 1 atom stereocenters. The number of hydrogen-bond acceptors (Lipinski definition) is 8. The maximum Gasteiger partial charge on any atom is 0.230 e. The molecule has 1 aromatic heterocycles. The molecule has 9 nitrogen and oxygen atoms in total. The normalized spacial score (nSPS) is 20.8. The standard InChI is InChI=1S/C17H18N4O5S3/c22-14-3-9(5-18-14)16(24)20-10-1-2-12-13(4-10)28-17(21-12)27-6-15(23)19-11-7-29(25,26)8-11/h1-2,4,9,11H,3,5-8H2,(H,18,22)(H,19,23)(H,20,24). The van der Waals surface area contributed by atoms with Crippen LogP contribution in [0.4, 0.5) is 5.69 Å². The van der Waals surface area contributed by atoms with Gasteiger partial charge in [-0.1, -0.05) is 11.8 Å². The van der Waals surface area contributed by atoms with Crippen LogP contribution >= 0.6 is 23.1 Å². The predicted octanol–water partition coefficient (Wildman–Crippen LogP) is 0.376. The zero-order valence-electron chi connectivity index (χ0n) is 15.1. The third-order valence-electron chi connectivity index (χ3n) is 4.59. The molecule has 0 bridgehead atoms. The van der Waals surface area contributed by atoms with Crippen molar-refractivity contribution in [1.29, 1.82) is 0 Å². The second-order valence-corrected chi connectivity index (χ2v) is 11.4. The topological polar surface area (TPSA) is 134 Å². The van der Waals surface area contributed by atoms with Gasteiger partial charge in [0.2, 0.25) is 17.7 Å². The summed E-state index contributed by atoms with van der Waals surface area (Å²) in [6.45, 7) is 0.350. The fourth-order valence-corrected chi connectivity index (χ4v) is 6.34. The van der Waals surface area contributed by atoms with Crippen molar-refractivity contribution < 1.29 is 22.8 Å². The van der Waals surface area contributed by atoms with Crippen molar-refractivity contribution in [3.05, 3.63) is 18.2 Å². The number of rotatable bonds is 6. The molecule has 0 aliphatic carbocycles. The SMILES string of the molecule is O=C1CC(C(=O)Nc2ccc3nc(SCC(=O)NC4CS(=O)(=O)C4)sc3c2)CN1. The molecule has 3 N–H and O–H groups in total. The Morgan fingerprint density at radius 3 is 2.79 bits per heavy atom. The number of amides is 3. The van der Waals surface area contributed by atoms with Crippen molar-refractivity contribution in [3.8, 4) is 0 Å². The molecule has 3 heterocycles. The van der Waals surface area contributed by atoms with E-state index >= 15 is 0 Å². The Kier molecular flexibility index (Phi) is 5.49. The Morgan fingerprint density at radius 2 is 2.10 bits per heavy atom. The number of fused-ring (bicyclic) bond motifs is 1. The molecule has 2 aromatic rings. The summed E-state index contributed by atoms with van der Waals surface area (Å²) >= 11 is 2.69. The van der Waals surface area contributed by atoms with Crippen LogP contribution in [0, 0.1) is 5.92 Å². The molecule has 2 aliphatic heterocycles. The van der Waals surface area contributed by atoms with E-state index in [9.17, 15) is 22.8 Å². The molecule has 2 fully saturated rings. The van der Waals surface area contributed by atoms with Gasteiger partial charge in [-0.2, -0.15) is 0 Å². The minimum absolute atomic E-state index is 0.00409. The number of carbonyl (C=O) groups excluding carboxylic acids is 3. The lowest BCUT2D eigenvalue weighted by molar-refractivity contribution is -0.123. The fraction of sp³-hybridized carbons (Fsp3) is 0.412. The van der Waals surface area contributed by atoms with Crippen molar-refractivity contribution >= 4 is 66.6 Å². The van der Waals surface area contributed by atoms with E-state index in [2.05, 4.69) is 20.9 Å². The summed E-state index contributed by atoms with van der Waals surface area (Å²) in [5, 5.41) is 8.17. The molecule has 4 rings (SSSR count). The summed E-state index contributed by atoms with van der Waals surface area (Å²) < 4.78 is 23.8. The number of hydrogen-bond donors (Lipinski definition) is 3. The Bertz CT molecular complexity index is 1090. The van der Waals surface area contributed by atoms with Crippen LogP contribution in [-0.4, -0.2) is 61.0 Å². The van der Waals surface area contributed by atoms with Gasteiger partial charge in [-0.05, 0) is 18.2 Å². The van der Waals surface area contributed by atoms with Crippen molar-refractivity contribution in [2.45, 2.75) is 16.8 Å². The Labute approximate surface area is 174 Å². The number of carbonyl (C=O) groups is 3. The van der Waals surface area contributed by atoms with Crippen LogP contribution in [0.15, 0.2) is 22.5 Å². The van der Waals surface area contributed by atoms with Gasteiger partial charge in [0.25, 0.3) is 0 Å². The number of thiazole rings is 1. The molecule has 3 amide bonds. The highest BCUT2D eigenvalue weighted by molar-refractivity contribution is 8.01. The van der Waals surface area contributed by atoms with Gasteiger partial charge < -0.3 is 16.0 Å². The van der Waals surface area contributed by atoms with Gasteiger partial charge in [0.05, 0.1) is 39.4 Å². The number of benzene rings is 1. The van der Waals surface area contributed by atoms with Crippen LogP contribution < -0.4 is 16.0 Å². The number of nitrogens with zero attached hydrogens (tertiary/aromatic N) is 1. The first-order valence-electron chi connectivity index (χ1n) is 8.88. The third kappa shape index (κ3) is 4.87. The van der Waals surface area contributed by atoms with Gasteiger partial charge in [0.15, 0.2) is 14.2 Å². The maximum atomic E-state index is 12.2. The first-order chi connectivity index (χ1) is 13.8. The first kappa shape index (κ1) is 20.1. The van der Waals surface area contributed by atoms with E-state index in [1.807, 2.05) is 6.07 Å². The lowest BCUT2D eigenvalue weighted by atomic mass is 10.1. The lowest BCUT2D eigenvalue weighted by Gasteiger charge is -2.26. The van der Waals surface area contributed by atoms with E-state index in [4.69, 9.17) is 0 Å². The van der Waals surface area contributed by atoms with Gasteiger partial charge in [-0.25, -0.2) is 13.4 Å². The number of aromatic nitrogens is 1. The van der Waals surface area contributed by atoms with Gasteiger partial charge in [0, 0.05) is 18.7 Å². The van der Waals surface area contributed by atoms with E-state index in [-0.39, 0.29) is 53.4 Å². The van der Waals surface area contributed by atoms with E-state index in [0.29, 0.717) is 16.6 Å². The van der Waals surface area contributed by atoms with Gasteiger partial charge in [-0.3, -0.25) is 14.4 Å². The van der Waals surface area contributed by atoms with Gasteiger partial charge in [0.1, 0.15) is 0 Å². The van der Waals surface area contributed by atoms with Crippen LogP contribution in [0.3, 0.4) is 0 Å². The first-order valence-corrected chi connectivity index (χ1v) is 12.5. The minimum Gasteiger partial charge on any atom is -0.355 e. The molecule has 29 heavy (non-hydrogen) atoms. The highest BCUT2D eigenvalue weighted by atomic mass is 32.2. The summed E-state index contributed by atoms with van der Waals surface area (Å²) in [6, 6.07) is 5.07. The smallest absolute Gasteiger partial charge is 0.230 e. The number of anilines is 1. The summed E-state index contributed by atoms with van der Waals surface area (Å²) in [6.07, 6.45) is 0.199. The van der Waals surface area contributed by atoms with Crippen LogP contribution in [0.25, 0.3) is 10.2 Å². The van der Waals surface area contributed by atoms with E-state index in [1.165, 1.54) is 23.1 Å². The predicted molar refractivity (Wildman–Crippen MR) is 111 cm³/mol. The molecular weight excluding hydrogens is 436 g/mol. The van der Waals surface area contributed by atoms with Crippen LogP contribution in [-0.2, 0) is 24.2 Å². The Hall–Kier alpha value is -2.18. The Morgan fingerprint density at radius 1 is 1.31 bits per heavy atom. The van der Waals surface area contributed by atoms with E-state index < -0.39 is 9.84 Å². The molecule has 2 saturated heterocycles. The van der Waals surface area contributed by atoms with Crippen molar-refractivity contribution in [2.75, 3.05) is 29.1 Å². The summed E-state index contributed by atoms with van der Waals surface area (Å²) in [7, 11) is -2.96. The van der Waals surface area contributed by atoms with E-state index in [1.54, 1.807) is 12.1 Å². The molecule has 1 unspecified atom stereocenters. The molecule has 2 aliphatic rings. The Balaban J connectivity index is 1.32. The number of sulfone groups is 1. The van der Waals surface area contributed by atoms with Crippen LogP contribution in [0.1, 0.15) is 6.42 Å². The molecule has 12 heteroatoms. The van der Waals surface area contributed by atoms with Crippen molar-refractivity contribution in [1.82, 2.24) is 15.6 Å². The quantitative estimate of drug-likeness (QED) is 0.537. The number of nitrogens with one attached hydrogen (secondary N) is 3. The minimum atomic E-state index is -2.96. The molecule has 0 radical (unpaired) electrons. The van der Waals surface area contributed by atoms with Crippen LogP contribution in [0.2, 0.25) is 0 Å². The fourth-order valence-electron chi connectivity index (χ4n) is 3.12. The highest BCUT2D eigenvalue weighted by Crippen LogP contribution is 2.31. The second kappa shape index (κ2) is 7.92. The van der Waals surface area contributed by atoms with E-state index in [0.717, 1.165) is 10.2 Å². The zero-order chi connectivity index (χ0) is 20.6. The second-order valence-electron chi connectivity index (χ2n) is 6.99. The maximum absolute atomic E-state index is 12.2. The van der Waals surface area contributed by atoms with Gasteiger partial charge >= 0.3 is 0 Å². The lowest BCUT2D eigenvalue weighted by Crippen LogP contribution is -2.53. The monoisotopic (exact) mass is 454 g/mol. The number of thioether (sulfide) groups is 1. The zero-order valence-corrected chi connectivity index (χ0v) is 17.6. The average Bonchev–Trinajstić information content (AvgIpc) is 3.24.